The molecule has 24 heavy (non-hydrogen) atoms. The Balaban J connectivity index is 1.87. The van der Waals surface area contributed by atoms with Gasteiger partial charge < -0.3 is 10.1 Å². The van der Waals surface area contributed by atoms with Crippen molar-refractivity contribution in [2.75, 3.05) is 13.2 Å². The van der Waals surface area contributed by atoms with E-state index in [4.69, 9.17) is 16.3 Å². The van der Waals surface area contributed by atoms with Crippen LogP contribution >= 0.6 is 11.6 Å². The van der Waals surface area contributed by atoms with Crippen LogP contribution < -0.4 is 10.1 Å². The Bertz CT molecular complexity index is 800. The summed E-state index contributed by atoms with van der Waals surface area (Å²) in [7, 11) is 0. The Morgan fingerprint density at radius 1 is 1.38 bits per heavy atom. The second-order valence-corrected chi connectivity index (χ2v) is 4.87. The number of carbonyl (C=O) groups excluding carboxylic acids is 1. The standard InChI is InChI=1S/C16H12ClN3O4/c17-12-5-6-15(20(22)23)14(10-12)16(21)19-8-1-2-9-24-13-4-3-7-18-11-13/h3-7,10-11H,8-9H2,(H,19,21). The largest absolute Gasteiger partial charge is 0.479 e. The maximum atomic E-state index is 12.0. The van der Waals surface area contributed by atoms with Gasteiger partial charge >= 0.3 is 0 Å². The highest BCUT2D eigenvalue weighted by Gasteiger charge is 2.19. The van der Waals surface area contributed by atoms with E-state index in [2.05, 4.69) is 22.1 Å². The van der Waals surface area contributed by atoms with Crippen molar-refractivity contribution in [3.63, 3.8) is 0 Å². The third kappa shape index (κ3) is 4.97. The van der Waals surface area contributed by atoms with Gasteiger partial charge in [0.1, 0.15) is 17.9 Å². The molecule has 8 heteroatoms. The van der Waals surface area contributed by atoms with E-state index in [9.17, 15) is 14.9 Å². The molecule has 0 atom stereocenters. The van der Waals surface area contributed by atoms with Crippen molar-refractivity contribution >= 4 is 23.2 Å². The lowest BCUT2D eigenvalue weighted by atomic mass is 10.1. The summed E-state index contributed by atoms with van der Waals surface area (Å²) in [5.74, 6) is 5.37. The second kappa shape index (κ2) is 8.50. The second-order valence-electron chi connectivity index (χ2n) is 4.43. The lowest BCUT2D eigenvalue weighted by molar-refractivity contribution is -0.385. The predicted octanol–water partition coefficient (Wildman–Crippen LogP) is 2.46. The summed E-state index contributed by atoms with van der Waals surface area (Å²) in [6, 6.07) is 7.26. The van der Waals surface area contributed by atoms with Crippen LogP contribution in [0.25, 0.3) is 0 Å². The molecular formula is C16H12ClN3O4. The van der Waals surface area contributed by atoms with Crippen LogP contribution in [0.5, 0.6) is 5.75 Å². The molecule has 0 saturated carbocycles. The first-order valence-corrected chi connectivity index (χ1v) is 7.16. The van der Waals surface area contributed by atoms with Crippen LogP contribution in [0.3, 0.4) is 0 Å². The van der Waals surface area contributed by atoms with Crippen LogP contribution in [0.4, 0.5) is 5.69 Å². The Labute approximate surface area is 142 Å². The molecule has 0 aliphatic carbocycles. The van der Waals surface area contributed by atoms with Gasteiger partial charge in [-0.25, -0.2) is 0 Å². The van der Waals surface area contributed by atoms with Gasteiger partial charge in [-0.3, -0.25) is 19.9 Å². The molecule has 0 aliphatic rings. The van der Waals surface area contributed by atoms with Gasteiger partial charge in [0.2, 0.25) is 0 Å². The van der Waals surface area contributed by atoms with E-state index >= 15 is 0 Å². The molecule has 0 radical (unpaired) electrons. The predicted molar refractivity (Wildman–Crippen MR) is 87.9 cm³/mol. The quantitative estimate of drug-likeness (QED) is 0.510. The van der Waals surface area contributed by atoms with E-state index < -0.39 is 10.8 Å². The number of nitro groups is 1. The van der Waals surface area contributed by atoms with Gasteiger partial charge in [0.25, 0.3) is 11.6 Å². The smallest absolute Gasteiger partial charge is 0.282 e. The number of carbonyl (C=O) groups is 1. The monoisotopic (exact) mass is 345 g/mol. The van der Waals surface area contributed by atoms with Crippen LogP contribution in [0, 0.1) is 22.0 Å². The lowest BCUT2D eigenvalue weighted by Crippen LogP contribution is -2.24. The number of nitrogens with one attached hydrogen (secondary N) is 1. The van der Waals surface area contributed by atoms with E-state index in [-0.39, 0.29) is 29.4 Å². The normalized spacial score (nSPS) is 9.54. The third-order valence-electron chi connectivity index (χ3n) is 2.81. The number of hydrogen-bond donors (Lipinski definition) is 1. The Morgan fingerprint density at radius 3 is 2.92 bits per heavy atom. The van der Waals surface area contributed by atoms with E-state index in [1.54, 1.807) is 24.5 Å². The summed E-state index contributed by atoms with van der Waals surface area (Å²) in [6.07, 6.45) is 3.19. The number of aromatic nitrogens is 1. The fourth-order valence-corrected chi connectivity index (χ4v) is 1.91. The van der Waals surface area contributed by atoms with Gasteiger partial charge in [-0.05, 0) is 24.3 Å². The molecular weight excluding hydrogens is 334 g/mol. The molecule has 1 N–H and O–H groups in total. The van der Waals surface area contributed by atoms with E-state index in [1.807, 2.05) is 0 Å². The van der Waals surface area contributed by atoms with Gasteiger partial charge in [-0.2, -0.15) is 0 Å². The molecule has 0 aliphatic heterocycles. The van der Waals surface area contributed by atoms with Crippen LogP contribution in [0.2, 0.25) is 5.02 Å². The minimum Gasteiger partial charge on any atom is -0.479 e. The SMILES string of the molecule is O=C(NCC#CCOc1cccnc1)c1cc(Cl)ccc1[N+](=O)[O-]. The first kappa shape index (κ1) is 17.2. The van der Waals surface area contributed by atoms with Crippen molar-refractivity contribution in [1.82, 2.24) is 10.3 Å². The van der Waals surface area contributed by atoms with Gasteiger partial charge in [-0.15, -0.1) is 0 Å². The number of rotatable bonds is 5. The molecule has 1 aromatic heterocycles. The van der Waals surface area contributed by atoms with E-state index in [0.717, 1.165) is 0 Å². The molecule has 2 rings (SSSR count). The first-order valence-electron chi connectivity index (χ1n) is 6.78. The minimum absolute atomic E-state index is 0.0267. The molecule has 1 aromatic carbocycles. The molecule has 0 saturated heterocycles. The number of pyridine rings is 1. The Hall–Kier alpha value is -3.11. The molecule has 1 heterocycles. The van der Waals surface area contributed by atoms with E-state index in [0.29, 0.717) is 5.75 Å². The fraction of sp³-hybridized carbons (Fsp3) is 0.125. The topological polar surface area (TPSA) is 94.4 Å². The van der Waals surface area contributed by atoms with Crippen molar-refractivity contribution < 1.29 is 14.5 Å². The maximum Gasteiger partial charge on any atom is 0.282 e. The summed E-state index contributed by atoms with van der Waals surface area (Å²) in [6.45, 7) is 0.164. The van der Waals surface area contributed by atoms with Gasteiger partial charge in [-0.1, -0.05) is 23.4 Å². The fourth-order valence-electron chi connectivity index (χ4n) is 1.73. The summed E-state index contributed by atoms with van der Waals surface area (Å²) in [5.41, 5.74) is -0.425. The van der Waals surface area contributed by atoms with Gasteiger partial charge in [0.15, 0.2) is 0 Å². The van der Waals surface area contributed by atoms with E-state index in [1.165, 1.54) is 18.2 Å². The third-order valence-corrected chi connectivity index (χ3v) is 3.04. The highest BCUT2D eigenvalue weighted by Crippen LogP contribution is 2.22. The molecule has 0 fully saturated rings. The number of nitro benzene ring substituents is 1. The van der Waals surface area contributed by atoms with Crippen molar-refractivity contribution in [3.8, 4) is 17.6 Å². The van der Waals surface area contributed by atoms with Crippen LogP contribution in [0.15, 0.2) is 42.7 Å². The number of ether oxygens (including phenoxy) is 1. The summed E-state index contributed by atoms with van der Waals surface area (Å²) >= 11 is 5.77. The average Bonchev–Trinajstić information content (AvgIpc) is 2.58. The van der Waals surface area contributed by atoms with Crippen molar-refractivity contribution in [1.29, 1.82) is 0 Å². The Morgan fingerprint density at radius 2 is 2.21 bits per heavy atom. The zero-order valence-electron chi connectivity index (χ0n) is 12.4. The van der Waals surface area contributed by atoms with Crippen LogP contribution in [0.1, 0.15) is 10.4 Å². The van der Waals surface area contributed by atoms with Crippen molar-refractivity contribution in [2.24, 2.45) is 0 Å². The zero-order valence-corrected chi connectivity index (χ0v) is 13.1. The molecule has 2 aromatic rings. The molecule has 0 bridgehead atoms. The van der Waals surface area contributed by atoms with Gasteiger partial charge in [0.05, 0.1) is 17.7 Å². The minimum atomic E-state index is -0.640. The average molecular weight is 346 g/mol. The lowest BCUT2D eigenvalue weighted by Gasteiger charge is -2.03. The molecule has 122 valence electrons. The molecule has 1 amide bonds. The van der Waals surface area contributed by atoms with Gasteiger partial charge in [0, 0.05) is 17.3 Å². The summed E-state index contributed by atoms with van der Waals surface area (Å²) in [5, 5.41) is 13.6. The van der Waals surface area contributed by atoms with Crippen molar-refractivity contribution in [2.45, 2.75) is 0 Å². The number of nitrogens with zero attached hydrogens (tertiary/aromatic N) is 2. The van der Waals surface area contributed by atoms with Crippen LogP contribution in [-0.4, -0.2) is 29.0 Å². The van der Waals surface area contributed by atoms with Crippen molar-refractivity contribution in [3.05, 3.63) is 63.4 Å². The number of amides is 1. The highest BCUT2D eigenvalue weighted by atomic mass is 35.5. The molecule has 7 nitrogen and oxygen atoms in total. The molecule has 0 spiro atoms. The Kier molecular flexibility index (Phi) is 6.11. The maximum absolute atomic E-state index is 12.0. The number of benzene rings is 1. The summed E-state index contributed by atoms with van der Waals surface area (Å²) < 4.78 is 5.31. The summed E-state index contributed by atoms with van der Waals surface area (Å²) in [4.78, 5) is 26.2. The number of halogens is 1. The zero-order chi connectivity index (χ0) is 17.4. The first-order chi connectivity index (χ1) is 11.6. The van der Waals surface area contributed by atoms with Crippen LogP contribution in [-0.2, 0) is 0 Å². The number of hydrogen-bond acceptors (Lipinski definition) is 5. The highest BCUT2D eigenvalue weighted by molar-refractivity contribution is 6.31. The molecule has 0 unspecified atom stereocenters.